The number of hydrogen-bond acceptors (Lipinski definition) is 2. The fourth-order valence-electron chi connectivity index (χ4n) is 5.62. The van der Waals surface area contributed by atoms with Gasteiger partial charge in [0.15, 0.2) is 8.32 Å². The molecular formula is C37H68O2Si. The predicted octanol–water partition coefficient (Wildman–Crippen LogP) is 12.3. The molecule has 2 nitrogen and oxygen atoms in total. The van der Waals surface area contributed by atoms with Gasteiger partial charge in [0.25, 0.3) is 0 Å². The normalized spacial score (nSPS) is 14.9. The standard InChI is InChI=1S/C37H68O2Si/c1-29(2)18-17-20-33(9)21-22-35(11)23-26-37(13,14)25-16-15-19-34(10)24-27-38-36(12)28-39-40(30(3)4,31(5)6)32(7)8/h16,18,21,24-25,30-32,36H,11,15,17,19-20,22-23,26-28H2,1-10,12-14H3/i12D. The van der Waals surface area contributed by atoms with Crippen molar-refractivity contribution in [1.82, 2.24) is 0 Å². The van der Waals surface area contributed by atoms with E-state index in [0.717, 1.165) is 44.9 Å². The van der Waals surface area contributed by atoms with E-state index in [1.165, 1.54) is 22.3 Å². The maximum absolute atomic E-state index is 7.98. The average Bonchev–Trinajstić information content (AvgIpc) is 2.87. The molecule has 0 heterocycles. The number of rotatable bonds is 21. The summed E-state index contributed by atoms with van der Waals surface area (Å²) in [5.41, 5.74) is 7.34. The topological polar surface area (TPSA) is 18.5 Å². The van der Waals surface area contributed by atoms with Crippen LogP contribution in [0, 0.1) is 5.41 Å². The average molecular weight is 574 g/mol. The van der Waals surface area contributed by atoms with Crippen molar-refractivity contribution < 1.29 is 10.5 Å². The van der Waals surface area contributed by atoms with Crippen LogP contribution in [0.25, 0.3) is 0 Å². The van der Waals surface area contributed by atoms with Crippen LogP contribution in [0.2, 0.25) is 16.6 Å². The van der Waals surface area contributed by atoms with Gasteiger partial charge in [0.2, 0.25) is 0 Å². The second-order valence-electron chi connectivity index (χ2n) is 13.9. The van der Waals surface area contributed by atoms with E-state index in [0.29, 0.717) is 29.8 Å². The molecule has 0 bridgehead atoms. The van der Waals surface area contributed by atoms with E-state index < -0.39 is 8.32 Å². The zero-order valence-electron chi connectivity index (χ0n) is 29.8. The van der Waals surface area contributed by atoms with E-state index in [2.05, 4.69) is 120 Å². The van der Waals surface area contributed by atoms with Crippen molar-refractivity contribution in [1.29, 1.82) is 0 Å². The minimum Gasteiger partial charge on any atom is -0.413 e. The maximum Gasteiger partial charge on any atom is 0.200 e. The first-order chi connectivity index (χ1) is 19.1. The van der Waals surface area contributed by atoms with Gasteiger partial charge in [0.05, 0.1) is 19.3 Å². The Hall–Kier alpha value is -1.16. The number of allylic oxidation sites excluding steroid dienone is 8. The van der Waals surface area contributed by atoms with Gasteiger partial charge in [-0.2, -0.15) is 0 Å². The Balaban J connectivity index is 4.56. The van der Waals surface area contributed by atoms with Crippen LogP contribution in [0.5, 0.6) is 0 Å². The summed E-state index contributed by atoms with van der Waals surface area (Å²) >= 11 is 0. The highest BCUT2D eigenvalue weighted by Crippen LogP contribution is 2.42. The van der Waals surface area contributed by atoms with E-state index in [1.807, 2.05) is 0 Å². The Labute approximate surface area is 254 Å². The summed E-state index contributed by atoms with van der Waals surface area (Å²) in [6.45, 7) is 32.9. The van der Waals surface area contributed by atoms with Gasteiger partial charge in [-0.1, -0.05) is 115 Å². The van der Waals surface area contributed by atoms with E-state index >= 15 is 0 Å². The van der Waals surface area contributed by atoms with Crippen LogP contribution in [-0.2, 0) is 9.16 Å². The second kappa shape index (κ2) is 19.9. The monoisotopic (exact) mass is 574 g/mol. The van der Waals surface area contributed by atoms with Crippen LogP contribution >= 0.6 is 0 Å². The molecule has 1 atom stereocenters. The highest BCUT2D eigenvalue weighted by molar-refractivity contribution is 6.77. The van der Waals surface area contributed by atoms with Crippen molar-refractivity contribution in [2.75, 3.05) is 13.2 Å². The van der Waals surface area contributed by atoms with Gasteiger partial charge in [-0.25, -0.2) is 0 Å². The first-order valence-electron chi connectivity index (χ1n) is 16.6. The van der Waals surface area contributed by atoms with E-state index in [-0.39, 0.29) is 18.4 Å². The fourth-order valence-corrected chi connectivity index (χ4v) is 11.1. The van der Waals surface area contributed by atoms with Crippen molar-refractivity contribution in [2.45, 2.75) is 158 Å². The maximum atomic E-state index is 7.98. The van der Waals surface area contributed by atoms with Crippen LogP contribution in [0.1, 0.15) is 136 Å². The second-order valence-corrected chi connectivity index (χ2v) is 19.3. The molecule has 0 spiro atoms. The molecule has 0 aromatic rings. The highest BCUT2D eigenvalue weighted by atomic mass is 28.4. The molecule has 1 unspecified atom stereocenters. The molecule has 0 N–H and O–H groups in total. The molecule has 0 aromatic heterocycles. The van der Waals surface area contributed by atoms with Gasteiger partial charge < -0.3 is 9.16 Å². The molecular weight excluding hydrogens is 504 g/mol. The Morgan fingerprint density at radius 1 is 0.850 bits per heavy atom. The van der Waals surface area contributed by atoms with Gasteiger partial charge in [0, 0.05) is 1.37 Å². The minimum absolute atomic E-state index is 0.167. The molecule has 0 aromatic carbocycles. The summed E-state index contributed by atoms with van der Waals surface area (Å²) in [7, 11) is -1.93. The Morgan fingerprint density at radius 3 is 1.98 bits per heavy atom. The van der Waals surface area contributed by atoms with Crippen molar-refractivity contribution in [3.05, 3.63) is 59.3 Å². The molecule has 0 amide bonds. The summed E-state index contributed by atoms with van der Waals surface area (Å²) in [6, 6.07) is 0. The molecule has 0 saturated heterocycles. The Bertz CT molecular complexity index is 834. The predicted molar refractivity (Wildman–Crippen MR) is 184 cm³/mol. The van der Waals surface area contributed by atoms with E-state index in [4.69, 9.17) is 10.5 Å². The fraction of sp³-hybridized carbons (Fsp3) is 0.730. The summed E-state index contributed by atoms with van der Waals surface area (Å²) in [5.74, 6) is 0. The molecule has 0 aliphatic heterocycles. The third-order valence-corrected chi connectivity index (χ3v) is 14.3. The molecule has 0 aliphatic carbocycles. The lowest BCUT2D eigenvalue weighted by Crippen LogP contribution is -2.49. The quantitative estimate of drug-likeness (QED) is 0.100. The molecule has 0 saturated carbocycles. The largest absolute Gasteiger partial charge is 0.413 e. The number of hydrogen-bond donors (Lipinski definition) is 0. The lowest BCUT2D eigenvalue weighted by Gasteiger charge is -2.42. The molecule has 0 fully saturated rings. The molecule has 232 valence electrons. The molecule has 0 rings (SSSR count). The minimum atomic E-state index is -1.93. The lowest BCUT2D eigenvalue weighted by atomic mass is 9.85. The zero-order chi connectivity index (χ0) is 31.6. The molecule has 3 heteroatoms. The van der Waals surface area contributed by atoms with Gasteiger partial charge in [0.1, 0.15) is 0 Å². The van der Waals surface area contributed by atoms with Gasteiger partial charge in [-0.3, -0.25) is 0 Å². The van der Waals surface area contributed by atoms with Gasteiger partial charge in [-0.15, -0.1) is 0 Å². The van der Waals surface area contributed by atoms with Crippen LogP contribution < -0.4 is 0 Å². The van der Waals surface area contributed by atoms with Crippen molar-refractivity contribution in [3.63, 3.8) is 0 Å². The number of ether oxygens (including phenoxy) is 1. The van der Waals surface area contributed by atoms with Crippen LogP contribution in [0.3, 0.4) is 0 Å². The first kappa shape index (κ1) is 36.9. The van der Waals surface area contributed by atoms with Crippen LogP contribution in [0.4, 0.5) is 0 Å². The summed E-state index contributed by atoms with van der Waals surface area (Å²) in [5, 5.41) is 0. The molecule has 40 heavy (non-hydrogen) atoms. The van der Waals surface area contributed by atoms with E-state index in [9.17, 15) is 0 Å². The highest BCUT2D eigenvalue weighted by Gasteiger charge is 2.45. The Morgan fingerprint density at radius 2 is 1.43 bits per heavy atom. The summed E-state index contributed by atoms with van der Waals surface area (Å²) in [6.07, 6.45) is 18.9. The van der Waals surface area contributed by atoms with Gasteiger partial charge in [-0.05, 0) is 102 Å². The molecule has 0 aliphatic rings. The Kier molecular flexibility index (Phi) is 18.3. The van der Waals surface area contributed by atoms with Crippen molar-refractivity contribution in [3.8, 4) is 0 Å². The van der Waals surface area contributed by atoms with Gasteiger partial charge >= 0.3 is 0 Å². The molecule has 0 radical (unpaired) electrons. The SMILES string of the molecule is [2H]CC(CO[Si](C(C)C)(C(C)C)C(C)C)OCC=C(C)CCC=CC(C)(C)CCC(=C)CC=C(C)CCC=C(C)C. The van der Waals surface area contributed by atoms with E-state index in [1.54, 1.807) is 0 Å². The zero-order valence-corrected chi connectivity index (χ0v) is 29.8. The van der Waals surface area contributed by atoms with Crippen LogP contribution in [0.15, 0.2) is 59.3 Å². The third kappa shape index (κ3) is 16.3. The summed E-state index contributed by atoms with van der Waals surface area (Å²) in [4.78, 5) is 0. The lowest BCUT2D eigenvalue weighted by molar-refractivity contribution is 0.0433. The summed E-state index contributed by atoms with van der Waals surface area (Å²) < 4.78 is 20.7. The smallest absolute Gasteiger partial charge is 0.200 e. The van der Waals surface area contributed by atoms with Crippen molar-refractivity contribution >= 4 is 8.32 Å². The first-order valence-corrected chi connectivity index (χ1v) is 18.0. The van der Waals surface area contributed by atoms with Crippen LogP contribution in [-0.4, -0.2) is 27.6 Å². The third-order valence-electron chi connectivity index (χ3n) is 8.22. The van der Waals surface area contributed by atoms with Crippen molar-refractivity contribution in [2.24, 2.45) is 5.41 Å².